The molecule has 3 nitrogen and oxygen atoms in total. The van der Waals surface area contributed by atoms with Crippen molar-refractivity contribution in [2.24, 2.45) is 5.92 Å². The Morgan fingerprint density at radius 3 is 2.71 bits per heavy atom. The zero-order valence-corrected chi connectivity index (χ0v) is 12.4. The highest BCUT2D eigenvalue weighted by Crippen LogP contribution is 2.45. The van der Waals surface area contributed by atoms with E-state index in [9.17, 15) is 14.3 Å². The quantitative estimate of drug-likeness (QED) is 0.905. The lowest BCUT2D eigenvalue weighted by atomic mass is 9.63. The molecule has 2 aliphatic carbocycles. The summed E-state index contributed by atoms with van der Waals surface area (Å²) >= 11 is 0. The van der Waals surface area contributed by atoms with Crippen molar-refractivity contribution in [3.63, 3.8) is 0 Å². The molecule has 0 saturated heterocycles. The predicted octanol–water partition coefficient (Wildman–Crippen LogP) is 2.48. The van der Waals surface area contributed by atoms with E-state index in [-0.39, 0.29) is 11.7 Å². The number of amides is 1. The van der Waals surface area contributed by atoms with E-state index < -0.39 is 11.5 Å². The van der Waals surface area contributed by atoms with Crippen LogP contribution in [0.2, 0.25) is 0 Å². The molecule has 0 bridgehead atoms. The third-order valence-corrected chi connectivity index (χ3v) is 4.97. The molecule has 114 valence electrons. The lowest BCUT2D eigenvalue weighted by Gasteiger charge is -2.43. The summed E-state index contributed by atoms with van der Waals surface area (Å²) in [5, 5.41) is 10.0. The minimum absolute atomic E-state index is 0.0130. The average molecular weight is 291 g/mol. The molecular weight excluding hydrogens is 269 g/mol. The molecule has 2 saturated carbocycles. The van der Waals surface area contributed by atoms with E-state index >= 15 is 0 Å². The molecule has 2 fully saturated rings. The molecule has 1 amide bonds. The van der Waals surface area contributed by atoms with Crippen molar-refractivity contribution in [3.05, 3.63) is 35.6 Å². The second kappa shape index (κ2) is 5.41. The van der Waals surface area contributed by atoms with E-state index in [1.807, 2.05) is 6.07 Å². The molecule has 1 aromatic carbocycles. The van der Waals surface area contributed by atoms with Crippen LogP contribution in [0.25, 0.3) is 0 Å². The Morgan fingerprint density at radius 1 is 1.48 bits per heavy atom. The summed E-state index contributed by atoms with van der Waals surface area (Å²) < 4.78 is 13.5. The van der Waals surface area contributed by atoms with Gasteiger partial charge in [0, 0.05) is 13.6 Å². The van der Waals surface area contributed by atoms with Gasteiger partial charge in [-0.15, -0.1) is 0 Å². The predicted molar refractivity (Wildman–Crippen MR) is 78.3 cm³/mol. The number of rotatable bonds is 5. The molecule has 0 aromatic heterocycles. The summed E-state index contributed by atoms with van der Waals surface area (Å²) in [5.74, 6) is 0.0676. The summed E-state index contributed by atoms with van der Waals surface area (Å²) in [4.78, 5) is 14.5. The topological polar surface area (TPSA) is 40.5 Å². The Balaban J connectivity index is 1.76. The van der Waals surface area contributed by atoms with Crippen molar-refractivity contribution in [1.82, 2.24) is 4.90 Å². The number of hydrogen-bond donors (Lipinski definition) is 1. The Labute approximate surface area is 124 Å². The summed E-state index contributed by atoms with van der Waals surface area (Å²) in [6, 6.07) is 6.38. The highest BCUT2D eigenvalue weighted by Gasteiger charge is 2.47. The SMILES string of the molecule is CN(CC(O)C1CC1)C(=O)C1(c2cccc(F)c2)CCC1. The maximum atomic E-state index is 13.5. The van der Waals surface area contributed by atoms with Crippen molar-refractivity contribution < 1.29 is 14.3 Å². The van der Waals surface area contributed by atoms with Crippen LogP contribution in [-0.4, -0.2) is 35.6 Å². The normalized spacial score (nSPS) is 21.5. The minimum Gasteiger partial charge on any atom is -0.391 e. The van der Waals surface area contributed by atoms with Gasteiger partial charge in [-0.05, 0) is 49.3 Å². The molecule has 21 heavy (non-hydrogen) atoms. The van der Waals surface area contributed by atoms with E-state index in [0.717, 1.165) is 37.7 Å². The van der Waals surface area contributed by atoms with E-state index in [0.29, 0.717) is 12.5 Å². The summed E-state index contributed by atoms with van der Waals surface area (Å²) in [6.45, 7) is 0.376. The highest BCUT2D eigenvalue weighted by atomic mass is 19.1. The van der Waals surface area contributed by atoms with Crippen LogP contribution in [0, 0.1) is 11.7 Å². The van der Waals surface area contributed by atoms with Gasteiger partial charge in [0.1, 0.15) is 5.82 Å². The molecule has 4 heteroatoms. The molecule has 1 N–H and O–H groups in total. The number of halogens is 1. The van der Waals surface area contributed by atoms with Crippen LogP contribution in [0.3, 0.4) is 0 Å². The number of carbonyl (C=O) groups is 1. The van der Waals surface area contributed by atoms with Crippen molar-refractivity contribution >= 4 is 5.91 Å². The summed E-state index contributed by atoms with van der Waals surface area (Å²) in [7, 11) is 1.74. The Bertz CT molecular complexity index is 537. The number of aliphatic hydroxyl groups is 1. The zero-order chi connectivity index (χ0) is 15.0. The van der Waals surface area contributed by atoms with Gasteiger partial charge in [-0.1, -0.05) is 18.6 Å². The molecule has 3 rings (SSSR count). The molecule has 1 atom stereocenters. The summed E-state index contributed by atoms with van der Waals surface area (Å²) in [6.07, 6.45) is 4.19. The first-order valence-electron chi connectivity index (χ1n) is 7.72. The fraction of sp³-hybridized carbons (Fsp3) is 0.588. The van der Waals surface area contributed by atoms with Gasteiger partial charge in [0.25, 0.3) is 0 Å². The zero-order valence-electron chi connectivity index (χ0n) is 12.4. The van der Waals surface area contributed by atoms with Crippen LogP contribution in [0.5, 0.6) is 0 Å². The first-order chi connectivity index (χ1) is 10.0. The number of likely N-dealkylation sites (N-methyl/N-ethyl adjacent to an activating group) is 1. The van der Waals surface area contributed by atoms with Gasteiger partial charge in [-0.2, -0.15) is 0 Å². The van der Waals surface area contributed by atoms with E-state index in [4.69, 9.17) is 0 Å². The molecule has 0 spiro atoms. The fourth-order valence-corrected chi connectivity index (χ4v) is 3.30. The fourth-order valence-electron chi connectivity index (χ4n) is 3.30. The van der Waals surface area contributed by atoms with Crippen LogP contribution in [0.15, 0.2) is 24.3 Å². The molecule has 0 heterocycles. The Morgan fingerprint density at radius 2 is 2.19 bits per heavy atom. The van der Waals surface area contributed by atoms with Gasteiger partial charge in [-0.3, -0.25) is 4.79 Å². The highest BCUT2D eigenvalue weighted by molar-refractivity contribution is 5.89. The van der Waals surface area contributed by atoms with Crippen molar-refractivity contribution in [2.45, 2.75) is 43.6 Å². The molecular formula is C17H22FNO2. The first-order valence-corrected chi connectivity index (χ1v) is 7.72. The first kappa shape index (κ1) is 14.5. The van der Waals surface area contributed by atoms with Crippen molar-refractivity contribution in [1.29, 1.82) is 0 Å². The summed E-state index contributed by atoms with van der Waals surface area (Å²) in [5.41, 5.74) is 0.187. The molecule has 0 radical (unpaired) electrons. The van der Waals surface area contributed by atoms with Gasteiger partial charge < -0.3 is 10.0 Å². The monoisotopic (exact) mass is 291 g/mol. The Kier molecular flexibility index (Phi) is 3.74. The molecule has 1 aromatic rings. The molecule has 2 aliphatic rings. The lowest BCUT2D eigenvalue weighted by Crippen LogP contribution is -2.51. The van der Waals surface area contributed by atoms with Crippen LogP contribution in [0.4, 0.5) is 4.39 Å². The number of benzene rings is 1. The van der Waals surface area contributed by atoms with Crippen LogP contribution in [-0.2, 0) is 10.2 Å². The standard InChI is InChI=1S/C17H22FNO2/c1-19(11-15(20)12-6-7-12)16(21)17(8-3-9-17)13-4-2-5-14(18)10-13/h2,4-5,10,12,15,20H,3,6-9,11H2,1H3. The number of aliphatic hydroxyl groups excluding tert-OH is 1. The Hall–Kier alpha value is -1.42. The molecule has 0 aliphatic heterocycles. The van der Waals surface area contributed by atoms with Gasteiger partial charge in [0.2, 0.25) is 5.91 Å². The van der Waals surface area contributed by atoms with Crippen LogP contribution >= 0.6 is 0 Å². The van der Waals surface area contributed by atoms with E-state index in [1.165, 1.54) is 12.1 Å². The maximum absolute atomic E-state index is 13.5. The van der Waals surface area contributed by atoms with Crippen LogP contribution in [0.1, 0.15) is 37.7 Å². The largest absolute Gasteiger partial charge is 0.391 e. The lowest BCUT2D eigenvalue weighted by molar-refractivity contribution is -0.141. The van der Waals surface area contributed by atoms with Gasteiger partial charge >= 0.3 is 0 Å². The smallest absolute Gasteiger partial charge is 0.233 e. The maximum Gasteiger partial charge on any atom is 0.233 e. The van der Waals surface area contributed by atoms with Crippen molar-refractivity contribution in [3.8, 4) is 0 Å². The number of nitrogens with zero attached hydrogens (tertiary/aromatic N) is 1. The number of carbonyl (C=O) groups excluding carboxylic acids is 1. The number of hydrogen-bond acceptors (Lipinski definition) is 2. The second-order valence-electron chi connectivity index (χ2n) is 6.54. The molecule has 1 unspecified atom stereocenters. The minimum atomic E-state index is -0.583. The van der Waals surface area contributed by atoms with Gasteiger partial charge in [-0.25, -0.2) is 4.39 Å². The third-order valence-electron chi connectivity index (χ3n) is 4.97. The van der Waals surface area contributed by atoms with Gasteiger partial charge in [0.05, 0.1) is 11.5 Å². The van der Waals surface area contributed by atoms with Crippen LogP contribution < -0.4 is 0 Å². The second-order valence-corrected chi connectivity index (χ2v) is 6.54. The van der Waals surface area contributed by atoms with E-state index in [2.05, 4.69) is 0 Å². The van der Waals surface area contributed by atoms with E-state index in [1.54, 1.807) is 18.0 Å². The third kappa shape index (κ3) is 2.69. The average Bonchev–Trinajstić information content (AvgIpc) is 3.21. The van der Waals surface area contributed by atoms with Gasteiger partial charge in [0.15, 0.2) is 0 Å². The van der Waals surface area contributed by atoms with Crippen molar-refractivity contribution in [2.75, 3.05) is 13.6 Å².